The lowest BCUT2D eigenvalue weighted by molar-refractivity contribution is 0.379. The van der Waals surface area contributed by atoms with Gasteiger partial charge >= 0.3 is 6.01 Å². The number of nitrogen functional groups attached to an aromatic ring is 1. The van der Waals surface area contributed by atoms with E-state index in [1.807, 2.05) is 0 Å². The van der Waals surface area contributed by atoms with E-state index in [0.717, 1.165) is 0 Å². The van der Waals surface area contributed by atoms with Gasteiger partial charge < -0.3 is 15.2 Å². The number of aromatic nitrogens is 4. The predicted octanol–water partition coefficient (Wildman–Crippen LogP) is 2.18. The average molecular weight is 301 g/mol. The number of nitrogens with zero attached hydrogens (tertiary/aromatic N) is 4. The van der Waals surface area contributed by atoms with Crippen molar-refractivity contribution in [2.45, 2.75) is 0 Å². The highest BCUT2D eigenvalue weighted by atomic mass is 19.1. The maximum absolute atomic E-state index is 13.4. The summed E-state index contributed by atoms with van der Waals surface area (Å²) in [7, 11) is 1.49. The van der Waals surface area contributed by atoms with Crippen molar-refractivity contribution in [2.24, 2.45) is 0 Å². The largest absolute Gasteiger partial charge is 0.467 e. The monoisotopic (exact) mass is 301 g/mol. The molecule has 8 heteroatoms. The van der Waals surface area contributed by atoms with Gasteiger partial charge in [-0.15, -0.1) is 5.10 Å². The third-order valence-corrected chi connectivity index (χ3v) is 2.82. The van der Waals surface area contributed by atoms with Crippen molar-refractivity contribution in [3.8, 4) is 23.3 Å². The summed E-state index contributed by atoms with van der Waals surface area (Å²) in [6.07, 6.45) is 4.80. The van der Waals surface area contributed by atoms with Crippen LogP contribution in [0.3, 0.4) is 0 Å². The SMILES string of the molecule is COc1ncc(-n2ccc(Oc3ccc(N)c(F)c3)n2)cn1. The van der Waals surface area contributed by atoms with Crippen LogP contribution in [-0.4, -0.2) is 26.9 Å². The Bertz CT molecular complexity index is 788. The predicted molar refractivity (Wildman–Crippen MR) is 76.6 cm³/mol. The molecule has 2 aromatic heterocycles. The van der Waals surface area contributed by atoms with Gasteiger partial charge in [-0.05, 0) is 12.1 Å². The first kappa shape index (κ1) is 13.8. The van der Waals surface area contributed by atoms with Gasteiger partial charge in [0.15, 0.2) is 0 Å². The van der Waals surface area contributed by atoms with Crippen molar-refractivity contribution < 1.29 is 13.9 Å². The fourth-order valence-electron chi connectivity index (χ4n) is 1.73. The molecule has 0 atom stereocenters. The molecule has 3 aromatic rings. The first-order valence-electron chi connectivity index (χ1n) is 6.30. The van der Waals surface area contributed by atoms with Gasteiger partial charge in [0.1, 0.15) is 17.3 Å². The second-order valence-electron chi connectivity index (χ2n) is 4.31. The molecule has 0 saturated carbocycles. The third-order valence-electron chi connectivity index (χ3n) is 2.82. The molecular weight excluding hydrogens is 289 g/mol. The third kappa shape index (κ3) is 2.80. The van der Waals surface area contributed by atoms with Crippen molar-refractivity contribution in [2.75, 3.05) is 12.8 Å². The van der Waals surface area contributed by atoms with Crippen molar-refractivity contribution in [3.63, 3.8) is 0 Å². The summed E-state index contributed by atoms with van der Waals surface area (Å²) in [5.41, 5.74) is 6.11. The highest BCUT2D eigenvalue weighted by Gasteiger charge is 2.07. The molecule has 3 rings (SSSR count). The summed E-state index contributed by atoms with van der Waals surface area (Å²) in [4.78, 5) is 7.98. The van der Waals surface area contributed by atoms with E-state index in [-0.39, 0.29) is 11.7 Å². The molecule has 0 saturated heterocycles. The molecule has 0 aliphatic carbocycles. The van der Waals surface area contributed by atoms with Crippen LogP contribution >= 0.6 is 0 Å². The van der Waals surface area contributed by atoms with E-state index < -0.39 is 5.82 Å². The number of anilines is 1. The Kier molecular flexibility index (Phi) is 3.57. The smallest absolute Gasteiger partial charge is 0.316 e. The van der Waals surface area contributed by atoms with Gasteiger partial charge in [-0.1, -0.05) is 0 Å². The molecule has 112 valence electrons. The summed E-state index contributed by atoms with van der Waals surface area (Å²) in [5, 5.41) is 4.20. The molecule has 22 heavy (non-hydrogen) atoms. The Morgan fingerprint density at radius 1 is 1.18 bits per heavy atom. The molecule has 0 aliphatic heterocycles. The number of rotatable bonds is 4. The van der Waals surface area contributed by atoms with E-state index in [2.05, 4.69) is 15.1 Å². The van der Waals surface area contributed by atoms with Gasteiger partial charge in [0.05, 0.1) is 25.2 Å². The minimum atomic E-state index is -0.541. The Morgan fingerprint density at radius 2 is 1.95 bits per heavy atom. The van der Waals surface area contributed by atoms with Crippen LogP contribution in [0.25, 0.3) is 5.69 Å². The topological polar surface area (TPSA) is 88.1 Å². The standard InChI is InChI=1S/C14H12FN5O2/c1-21-14-17-7-9(8-18-14)20-5-4-13(19-20)22-10-2-3-12(16)11(15)6-10/h2-8H,16H2,1H3. The minimum absolute atomic E-state index is 0.0632. The Morgan fingerprint density at radius 3 is 2.64 bits per heavy atom. The summed E-state index contributed by atoms with van der Waals surface area (Å²) >= 11 is 0. The van der Waals surface area contributed by atoms with Gasteiger partial charge in [-0.25, -0.2) is 19.0 Å². The number of halogens is 1. The number of hydrogen-bond acceptors (Lipinski definition) is 6. The zero-order chi connectivity index (χ0) is 15.5. The molecular formula is C14H12FN5O2. The molecule has 0 bridgehead atoms. The van der Waals surface area contributed by atoms with E-state index in [9.17, 15) is 4.39 Å². The Balaban J connectivity index is 1.79. The molecule has 1 aromatic carbocycles. The number of methoxy groups -OCH3 is 1. The second-order valence-corrected chi connectivity index (χ2v) is 4.31. The average Bonchev–Trinajstić information content (AvgIpc) is 2.99. The van der Waals surface area contributed by atoms with Gasteiger partial charge in [0.25, 0.3) is 0 Å². The molecule has 7 nitrogen and oxygen atoms in total. The molecule has 0 unspecified atom stereocenters. The molecule has 2 heterocycles. The Labute approximate surface area is 125 Å². The zero-order valence-electron chi connectivity index (χ0n) is 11.6. The summed E-state index contributed by atoms with van der Waals surface area (Å²) in [6.45, 7) is 0. The highest BCUT2D eigenvalue weighted by molar-refractivity contribution is 5.44. The lowest BCUT2D eigenvalue weighted by Gasteiger charge is -2.04. The van der Waals surface area contributed by atoms with Gasteiger partial charge in [-0.3, -0.25) is 0 Å². The zero-order valence-corrected chi connectivity index (χ0v) is 11.6. The number of nitrogens with two attached hydrogens (primary N) is 1. The van der Waals surface area contributed by atoms with Crippen molar-refractivity contribution in [1.82, 2.24) is 19.7 Å². The lowest BCUT2D eigenvalue weighted by atomic mass is 10.3. The summed E-state index contributed by atoms with van der Waals surface area (Å²) < 4.78 is 25.3. The maximum atomic E-state index is 13.4. The van der Waals surface area contributed by atoms with Crippen molar-refractivity contribution >= 4 is 5.69 Å². The van der Waals surface area contributed by atoms with Crippen molar-refractivity contribution in [3.05, 3.63) is 48.7 Å². The summed E-state index contributed by atoms with van der Waals surface area (Å²) in [6, 6.07) is 6.10. The molecule has 0 aliphatic rings. The van der Waals surface area contributed by atoms with Crippen LogP contribution in [0.5, 0.6) is 17.6 Å². The molecule has 0 fully saturated rings. The highest BCUT2D eigenvalue weighted by Crippen LogP contribution is 2.23. The van der Waals surface area contributed by atoms with Gasteiger partial charge in [0, 0.05) is 18.3 Å². The van der Waals surface area contributed by atoms with Crippen LogP contribution in [0.2, 0.25) is 0 Å². The van der Waals surface area contributed by atoms with Crippen LogP contribution in [0.1, 0.15) is 0 Å². The first-order chi connectivity index (χ1) is 10.7. The van der Waals surface area contributed by atoms with Crippen LogP contribution in [0.4, 0.5) is 10.1 Å². The minimum Gasteiger partial charge on any atom is -0.467 e. The van der Waals surface area contributed by atoms with Crippen LogP contribution in [0.15, 0.2) is 42.9 Å². The number of hydrogen-bond donors (Lipinski definition) is 1. The van der Waals surface area contributed by atoms with Crippen LogP contribution < -0.4 is 15.2 Å². The maximum Gasteiger partial charge on any atom is 0.316 e. The Hall–Kier alpha value is -3.16. The van der Waals surface area contributed by atoms with E-state index >= 15 is 0 Å². The van der Waals surface area contributed by atoms with Gasteiger partial charge in [-0.2, -0.15) is 0 Å². The number of benzene rings is 1. The summed E-state index contributed by atoms with van der Waals surface area (Å²) in [5.74, 6) is 0.0726. The van der Waals surface area contributed by atoms with Crippen molar-refractivity contribution in [1.29, 1.82) is 0 Å². The fraction of sp³-hybridized carbons (Fsp3) is 0.0714. The quantitative estimate of drug-likeness (QED) is 0.743. The number of ether oxygens (including phenoxy) is 2. The lowest BCUT2D eigenvalue weighted by Crippen LogP contribution is -1.99. The second kappa shape index (κ2) is 5.68. The molecule has 0 radical (unpaired) electrons. The van der Waals surface area contributed by atoms with Crippen LogP contribution in [0, 0.1) is 5.82 Å². The first-order valence-corrected chi connectivity index (χ1v) is 6.30. The molecule has 0 spiro atoms. The van der Waals surface area contributed by atoms with E-state index in [1.165, 1.54) is 23.9 Å². The molecule has 2 N–H and O–H groups in total. The van der Waals surface area contributed by atoms with E-state index in [0.29, 0.717) is 17.3 Å². The normalized spacial score (nSPS) is 10.5. The molecule has 0 amide bonds. The fourth-order valence-corrected chi connectivity index (χ4v) is 1.73. The van der Waals surface area contributed by atoms with E-state index in [1.54, 1.807) is 30.7 Å². The van der Waals surface area contributed by atoms with Crippen LogP contribution in [-0.2, 0) is 0 Å². The van der Waals surface area contributed by atoms with E-state index in [4.69, 9.17) is 15.2 Å². The van der Waals surface area contributed by atoms with Gasteiger partial charge in [0.2, 0.25) is 5.88 Å².